The van der Waals surface area contributed by atoms with Crippen molar-refractivity contribution >= 4 is 23.0 Å². The van der Waals surface area contributed by atoms with Gasteiger partial charge >= 0.3 is 0 Å². The Labute approximate surface area is 111 Å². The molecule has 0 atom stereocenters. The van der Waals surface area contributed by atoms with Crippen molar-refractivity contribution in [3.05, 3.63) is 23.0 Å². The van der Waals surface area contributed by atoms with Gasteiger partial charge in [-0.3, -0.25) is 0 Å². The Bertz CT molecular complexity index is 377. The van der Waals surface area contributed by atoms with Gasteiger partial charge in [0.2, 0.25) is 0 Å². The van der Waals surface area contributed by atoms with Gasteiger partial charge in [-0.15, -0.1) is 0 Å². The van der Waals surface area contributed by atoms with E-state index in [1.807, 2.05) is 0 Å². The van der Waals surface area contributed by atoms with Crippen LogP contribution in [0.2, 0.25) is 5.02 Å². The summed E-state index contributed by atoms with van der Waals surface area (Å²) in [7, 11) is 1.63. The number of methoxy groups -OCH3 is 1. The number of halogens is 2. The van der Waals surface area contributed by atoms with Gasteiger partial charge in [0, 0.05) is 26.3 Å². The van der Waals surface area contributed by atoms with Crippen LogP contribution in [0.4, 0.5) is 15.8 Å². The van der Waals surface area contributed by atoms with Gasteiger partial charge in [-0.05, 0) is 12.5 Å². The van der Waals surface area contributed by atoms with Crippen LogP contribution in [-0.2, 0) is 9.47 Å². The highest BCUT2D eigenvalue weighted by Crippen LogP contribution is 2.25. The summed E-state index contributed by atoms with van der Waals surface area (Å²) in [6.07, 6.45) is 0.799. The lowest BCUT2D eigenvalue weighted by Gasteiger charge is -2.10. The molecule has 6 heteroatoms. The molecular weight excluding hydrogens is 259 g/mol. The van der Waals surface area contributed by atoms with Crippen LogP contribution in [0.25, 0.3) is 0 Å². The summed E-state index contributed by atoms with van der Waals surface area (Å²) < 4.78 is 23.3. The first-order valence-corrected chi connectivity index (χ1v) is 6.08. The SMILES string of the molecule is COCCOCCCNc1cc(F)c(Cl)cc1N. The van der Waals surface area contributed by atoms with E-state index in [0.29, 0.717) is 37.7 Å². The molecule has 4 nitrogen and oxygen atoms in total. The molecule has 0 saturated heterocycles. The highest BCUT2D eigenvalue weighted by atomic mass is 35.5. The summed E-state index contributed by atoms with van der Waals surface area (Å²) in [4.78, 5) is 0. The van der Waals surface area contributed by atoms with Gasteiger partial charge in [0.1, 0.15) is 5.82 Å². The third-order valence-corrected chi connectivity index (χ3v) is 2.59. The fraction of sp³-hybridized carbons (Fsp3) is 0.500. The van der Waals surface area contributed by atoms with E-state index < -0.39 is 5.82 Å². The molecule has 0 aromatic heterocycles. The second kappa shape index (κ2) is 8.13. The van der Waals surface area contributed by atoms with Gasteiger partial charge in [-0.25, -0.2) is 4.39 Å². The Kier molecular flexibility index (Phi) is 6.78. The molecule has 102 valence electrons. The monoisotopic (exact) mass is 276 g/mol. The predicted molar refractivity (Wildman–Crippen MR) is 71.6 cm³/mol. The number of benzene rings is 1. The van der Waals surface area contributed by atoms with E-state index in [1.165, 1.54) is 12.1 Å². The average molecular weight is 277 g/mol. The molecule has 0 spiro atoms. The Morgan fingerprint density at radius 1 is 1.33 bits per heavy atom. The smallest absolute Gasteiger partial charge is 0.143 e. The van der Waals surface area contributed by atoms with E-state index in [0.717, 1.165) is 6.42 Å². The summed E-state index contributed by atoms with van der Waals surface area (Å²) in [5.41, 5.74) is 6.69. The molecule has 0 amide bonds. The Balaban J connectivity index is 2.25. The van der Waals surface area contributed by atoms with E-state index in [9.17, 15) is 4.39 Å². The lowest BCUT2D eigenvalue weighted by Crippen LogP contribution is -2.09. The van der Waals surface area contributed by atoms with E-state index in [-0.39, 0.29) is 5.02 Å². The van der Waals surface area contributed by atoms with Crippen LogP contribution in [0.5, 0.6) is 0 Å². The van der Waals surface area contributed by atoms with Gasteiger partial charge in [0.05, 0.1) is 29.6 Å². The molecule has 3 N–H and O–H groups in total. The van der Waals surface area contributed by atoms with Crippen molar-refractivity contribution in [3.8, 4) is 0 Å². The number of hydrogen-bond acceptors (Lipinski definition) is 4. The molecule has 18 heavy (non-hydrogen) atoms. The number of rotatable bonds is 8. The van der Waals surface area contributed by atoms with Crippen molar-refractivity contribution < 1.29 is 13.9 Å². The highest BCUT2D eigenvalue weighted by molar-refractivity contribution is 6.31. The van der Waals surface area contributed by atoms with E-state index in [2.05, 4.69) is 5.32 Å². The van der Waals surface area contributed by atoms with Crippen molar-refractivity contribution in [3.63, 3.8) is 0 Å². The minimum atomic E-state index is -0.482. The molecule has 1 rings (SSSR count). The van der Waals surface area contributed by atoms with Crippen LogP contribution in [0, 0.1) is 5.82 Å². The standard InChI is InChI=1S/C12H18ClFN2O2/c1-17-5-6-18-4-2-3-16-12-8-10(14)9(13)7-11(12)15/h7-8,16H,2-6,15H2,1H3. The molecule has 1 aromatic rings. The first-order valence-electron chi connectivity index (χ1n) is 5.70. The largest absolute Gasteiger partial charge is 0.397 e. The molecule has 1 aromatic carbocycles. The molecule has 0 aliphatic heterocycles. The van der Waals surface area contributed by atoms with Crippen molar-refractivity contribution in [2.45, 2.75) is 6.42 Å². The summed E-state index contributed by atoms with van der Waals surface area (Å²) in [5, 5.41) is 3.07. The van der Waals surface area contributed by atoms with Crippen molar-refractivity contribution in [1.82, 2.24) is 0 Å². The summed E-state index contributed by atoms with van der Waals surface area (Å²) in [6.45, 7) is 2.43. The Morgan fingerprint density at radius 3 is 2.83 bits per heavy atom. The molecule has 0 heterocycles. The van der Waals surface area contributed by atoms with Gasteiger partial charge in [0.25, 0.3) is 0 Å². The van der Waals surface area contributed by atoms with Gasteiger partial charge < -0.3 is 20.5 Å². The fourth-order valence-electron chi connectivity index (χ4n) is 1.36. The van der Waals surface area contributed by atoms with E-state index >= 15 is 0 Å². The van der Waals surface area contributed by atoms with Crippen LogP contribution in [0.15, 0.2) is 12.1 Å². The van der Waals surface area contributed by atoms with Gasteiger partial charge in [-0.1, -0.05) is 11.6 Å². The number of anilines is 2. The zero-order valence-corrected chi connectivity index (χ0v) is 11.1. The van der Waals surface area contributed by atoms with Crippen molar-refractivity contribution in [1.29, 1.82) is 0 Å². The maximum atomic E-state index is 13.2. The maximum Gasteiger partial charge on any atom is 0.143 e. The minimum Gasteiger partial charge on any atom is -0.397 e. The molecule has 0 bridgehead atoms. The number of nitrogens with one attached hydrogen (secondary N) is 1. The molecular formula is C12H18ClFN2O2. The van der Waals surface area contributed by atoms with Crippen molar-refractivity contribution in [2.24, 2.45) is 0 Å². The zero-order chi connectivity index (χ0) is 13.4. The quantitative estimate of drug-likeness (QED) is 0.566. The molecule has 0 saturated carbocycles. The normalized spacial score (nSPS) is 10.6. The summed E-state index contributed by atoms with van der Waals surface area (Å²) in [5.74, 6) is -0.482. The number of nitrogen functional groups attached to an aromatic ring is 1. The zero-order valence-electron chi connectivity index (χ0n) is 10.3. The minimum absolute atomic E-state index is 0.0287. The summed E-state index contributed by atoms with van der Waals surface area (Å²) >= 11 is 5.60. The molecule has 0 radical (unpaired) electrons. The molecule has 0 unspecified atom stereocenters. The number of hydrogen-bond donors (Lipinski definition) is 2. The summed E-state index contributed by atoms with van der Waals surface area (Å²) in [6, 6.07) is 2.69. The lowest BCUT2D eigenvalue weighted by molar-refractivity contribution is 0.0705. The topological polar surface area (TPSA) is 56.5 Å². The van der Waals surface area contributed by atoms with E-state index in [1.54, 1.807) is 7.11 Å². The third-order valence-electron chi connectivity index (χ3n) is 2.31. The maximum absolute atomic E-state index is 13.2. The van der Waals surface area contributed by atoms with Crippen LogP contribution < -0.4 is 11.1 Å². The Hall–Kier alpha value is -1.04. The molecule has 0 aliphatic rings. The van der Waals surface area contributed by atoms with Crippen molar-refractivity contribution in [2.75, 3.05) is 44.5 Å². The van der Waals surface area contributed by atoms with Crippen LogP contribution in [-0.4, -0.2) is 33.5 Å². The molecule has 0 aliphatic carbocycles. The van der Waals surface area contributed by atoms with Crippen LogP contribution >= 0.6 is 11.6 Å². The van der Waals surface area contributed by atoms with Gasteiger partial charge in [-0.2, -0.15) is 0 Å². The second-order valence-corrected chi connectivity index (χ2v) is 4.15. The fourth-order valence-corrected chi connectivity index (χ4v) is 1.53. The molecule has 0 fully saturated rings. The predicted octanol–water partition coefficient (Wildman–Crippen LogP) is 2.53. The number of nitrogens with two attached hydrogens (primary N) is 1. The lowest BCUT2D eigenvalue weighted by atomic mass is 10.2. The highest BCUT2D eigenvalue weighted by Gasteiger charge is 2.05. The van der Waals surface area contributed by atoms with E-state index in [4.69, 9.17) is 26.8 Å². The van der Waals surface area contributed by atoms with Gasteiger partial charge in [0.15, 0.2) is 0 Å². The number of ether oxygens (including phenoxy) is 2. The third kappa shape index (κ3) is 5.08. The second-order valence-electron chi connectivity index (χ2n) is 3.74. The Morgan fingerprint density at radius 2 is 2.11 bits per heavy atom. The first-order chi connectivity index (χ1) is 8.65. The van der Waals surface area contributed by atoms with Crippen LogP contribution in [0.1, 0.15) is 6.42 Å². The van der Waals surface area contributed by atoms with Crippen LogP contribution in [0.3, 0.4) is 0 Å². The average Bonchev–Trinajstić information content (AvgIpc) is 2.34. The first kappa shape index (κ1) is 15.0.